The molecule has 3 rings (SSSR count). The maximum atomic E-state index is 5.49. The molecule has 0 aromatic carbocycles. The molecule has 1 aliphatic heterocycles. The van der Waals surface area contributed by atoms with Gasteiger partial charge in [0.25, 0.3) is 0 Å². The maximum absolute atomic E-state index is 5.49. The van der Waals surface area contributed by atoms with Crippen LogP contribution < -0.4 is 0 Å². The predicted molar refractivity (Wildman–Crippen MR) is 58.2 cm³/mol. The summed E-state index contributed by atoms with van der Waals surface area (Å²) in [5, 5.41) is 0. The quantitative estimate of drug-likeness (QED) is 0.736. The van der Waals surface area contributed by atoms with Gasteiger partial charge in [-0.05, 0) is 31.9 Å². The van der Waals surface area contributed by atoms with Crippen molar-refractivity contribution in [2.45, 2.75) is 31.7 Å². The van der Waals surface area contributed by atoms with Crippen LogP contribution in [0, 0.1) is 0 Å². The number of pyridine rings is 1. The molecule has 1 saturated carbocycles. The van der Waals surface area contributed by atoms with E-state index in [1.54, 1.807) is 0 Å². The fourth-order valence-electron chi connectivity index (χ4n) is 1.79. The summed E-state index contributed by atoms with van der Waals surface area (Å²) in [5.41, 5.74) is 2.09. The molecule has 2 heterocycles. The Morgan fingerprint density at radius 2 is 2.20 bits per heavy atom. The fraction of sp³-hybridized carbons (Fsp3) is 0.500. The number of aliphatic imine (C=N–C) groups is 1. The van der Waals surface area contributed by atoms with Gasteiger partial charge in [-0.15, -0.1) is 0 Å². The molecule has 0 N–H and O–H groups in total. The molecule has 0 saturated heterocycles. The molecule has 3 heteroatoms. The van der Waals surface area contributed by atoms with Crippen molar-refractivity contribution in [3.8, 4) is 0 Å². The van der Waals surface area contributed by atoms with E-state index in [1.165, 1.54) is 18.5 Å². The van der Waals surface area contributed by atoms with E-state index in [9.17, 15) is 0 Å². The van der Waals surface area contributed by atoms with Gasteiger partial charge in [0.05, 0.1) is 6.04 Å². The second-order valence-corrected chi connectivity index (χ2v) is 4.32. The van der Waals surface area contributed by atoms with Gasteiger partial charge in [0.2, 0.25) is 5.90 Å². The van der Waals surface area contributed by atoms with Crippen LogP contribution >= 0.6 is 0 Å². The first-order valence-electron chi connectivity index (χ1n) is 5.51. The van der Waals surface area contributed by atoms with Gasteiger partial charge in [0, 0.05) is 11.6 Å². The molecule has 78 valence electrons. The molecular weight excluding hydrogens is 188 g/mol. The van der Waals surface area contributed by atoms with E-state index in [2.05, 4.69) is 23.0 Å². The fourth-order valence-corrected chi connectivity index (χ4v) is 1.79. The van der Waals surface area contributed by atoms with E-state index >= 15 is 0 Å². The normalized spacial score (nSPS) is 24.9. The molecule has 2 aliphatic rings. The predicted octanol–water partition coefficient (Wildman–Crippen LogP) is 2.12. The van der Waals surface area contributed by atoms with Crippen molar-refractivity contribution in [1.82, 2.24) is 4.98 Å². The van der Waals surface area contributed by atoms with Gasteiger partial charge in [-0.25, -0.2) is 9.98 Å². The van der Waals surface area contributed by atoms with Crippen LogP contribution in [0.5, 0.6) is 0 Å². The zero-order chi connectivity index (χ0) is 10.3. The maximum Gasteiger partial charge on any atom is 0.235 e. The van der Waals surface area contributed by atoms with E-state index in [1.807, 2.05) is 12.1 Å². The van der Waals surface area contributed by atoms with Gasteiger partial charge in [0.15, 0.2) is 0 Å². The second kappa shape index (κ2) is 3.33. The Bertz CT molecular complexity index is 410. The van der Waals surface area contributed by atoms with Crippen molar-refractivity contribution < 1.29 is 4.74 Å². The molecule has 0 amide bonds. The third kappa shape index (κ3) is 1.74. The van der Waals surface area contributed by atoms with E-state index in [0.717, 1.165) is 5.69 Å². The van der Waals surface area contributed by atoms with Gasteiger partial charge in [-0.3, -0.25) is 0 Å². The lowest BCUT2D eigenvalue weighted by Crippen LogP contribution is -2.05. The second-order valence-electron chi connectivity index (χ2n) is 4.32. The molecule has 1 atom stereocenters. The molecule has 0 spiro atoms. The average Bonchev–Trinajstić information content (AvgIpc) is 3.02. The lowest BCUT2D eigenvalue weighted by molar-refractivity contribution is 0.323. The van der Waals surface area contributed by atoms with Crippen LogP contribution in [0.3, 0.4) is 0 Å². The van der Waals surface area contributed by atoms with Crippen molar-refractivity contribution in [3.05, 3.63) is 29.6 Å². The first-order valence-corrected chi connectivity index (χ1v) is 5.51. The highest BCUT2D eigenvalue weighted by atomic mass is 16.5. The number of hydrogen-bond acceptors (Lipinski definition) is 3. The van der Waals surface area contributed by atoms with Gasteiger partial charge < -0.3 is 4.74 Å². The Hall–Kier alpha value is -1.38. The van der Waals surface area contributed by atoms with E-state index in [4.69, 9.17) is 4.74 Å². The minimum Gasteiger partial charge on any atom is -0.474 e. The third-order valence-electron chi connectivity index (χ3n) is 2.78. The van der Waals surface area contributed by atoms with Crippen LogP contribution in [0.15, 0.2) is 23.2 Å². The van der Waals surface area contributed by atoms with Crippen LogP contribution in [0.25, 0.3) is 0 Å². The first-order chi connectivity index (χ1) is 7.33. The Balaban J connectivity index is 1.91. The minimum absolute atomic E-state index is 0.270. The number of hydrogen-bond donors (Lipinski definition) is 0. The van der Waals surface area contributed by atoms with Crippen LogP contribution in [0.1, 0.15) is 37.1 Å². The number of rotatable bonds is 2. The number of ether oxygens (including phenoxy) is 1. The third-order valence-corrected chi connectivity index (χ3v) is 2.78. The monoisotopic (exact) mass is 202 g/mol. The molecule has 15 heavy (non-hydrogen) atoms. The van der Waals surface area contributed by atoms with Crippen LogP contribution in [0.4, 0.5) is 0 Å². The highest BCUT2D eigenvalue weighted by molar-refractivity contribution is 5.93. The van der Waals surface area contributed by atoms with Crippen molar-refractivity contribution in [2.24, 2.45) is 4.99 Å². The summed E-state index contributed by atoms with van der Waals surface area (Å²) in [6.07, 6.45) is 2.56. The van der Waals surface area contributed by atoms with Crippen molar-refractivity contribution in [3.63, 3.8) is 0 Å². The highest BCUT2D eigenvalue weighted by Crippen LogP contribution is 2.38. The Morgan fingerprint density at radius 1 is 1.33 bits per heavy atom. The van der Waals surface area contributed by atoms with Crippen molar-refractivity contribution in [2.75, 3.05) is 6.61 Å². The van der Waals surface area contributed by atoms with E-state index in [0.29, 0.717) is 18.4 Å². The molecule has 3 nitrogen and oxygen atoms in total. The number of nitrogens with zero attached hydrogens (tertiary/aromatic N) is 2. The highest BCUT2D eigenvalue weighted by Gasteiger charge is 2.26. The lowest BCUT2D eigenvalue weighted by atomic mass is 10.2. The summed E-state index contributed by atoms with van der Waals surface area (Å²) in [4.78, 5) is 9.01. The minimum atomic E-state index is 0.270. The Labute approximate surface area is 89.2 Å². The smallest absolute Gasteiger partial charge is 0.235 e. The van der Waals surface area contributed by atoms with Crippen molar-refractivity contribution in [1.29, 1.82) is 0 Å². The molecule has 1 aromatic heterocycles. The van der Waals surface area contributed by atoms with Crippen LogP contribution in [0.2, 0.25) is 0 Å². The lowest BCUT2D eigenvalue weighted by Gasteiger charge is -2.02. The SMILES string of the molecule is C[C@H]1COC(c2cccc(C3CC3)n2)=N1. The largest absolute Gasteiger partial charge is 0.474 e. The molecule has 1 aliphatic carbocycles. The van der Waals surface area contributed by atoms with E-state index < -0.39 is 0 Å². The average molecular weight is 202 g/mol. The molecule has 1 fully saturated rings. The standard InChI is InChI=1S/C12H14N2O/c1-8-7-15-12(13-8)11-4-2-3-10(14-11)9-5-6-9/h2-4,8-9H,5-7H2,1H3/t8-/m0/s1. The van der Waals surface area contributed by atoms with Gasteiger partial charge in [-0.1, -0.05) is 6.07 Å². The van der Waals surface area contributed by atoms with Gasteiger partial charge in [-0.2, -0.15) is 0 Å². The first kappa shape index (κ1) is 8.89. The Morgan fingerprint density at radius 3 is 2.87 bits per heavy atom. The Kier molecular flexibility index (Phi) is 1.97. The molecule has 1 aromatic rings. The summed E-state index contributed by atoms with van der Waals surface area (Å²) in [6, 6.07) is 6.39. The van der Waals surface area contributed by atoms with Crippen LogP contribution in [-0.2, 0) is 4.74 Å². The summed E-state index contributed by atoms with van der Waals surface area (Å²) in [5.74, 6) is 1.40. The summed E-state index contributed by atoms with van der Waals surface area (Å²) in [6.45, 7) is 2.74. The number of aromatic nitrogens is 1. The van der Waals surface area contributed by atoms with Crippen molar-refractivity contribution >= 4 is 5.90 Å². The summed E-state index contributed by atoms with van der Waals surface area (Å²) >= 11 is 0. The summed E-state index contributed by atoms with van der Waals surface area (Å²) in [7, 11) is 0. The zero-order valence-electron chi connectivity index (χ0n) is 8.81. The van der Waals surface area contributed by atoms with Gasteiger partial charge in [0.1, 0.15) is 12.3 Å². The zero-order valence-corrected chi connectivity index (χ0v) is 8.81. The topological polar surface area (TPSA) is 34.5 Å². The molecule has 0 radical (unpaired) electrons. The molecule has 0 unspecified atom stereocenters. The molecule has 0 bridgehead atoms. The molecular formula is C12H14N2O. The summed E-state index contributed by atoms with van der Waals surface area (Å²) < 4.78 is 5.49. The van der Waals surface area contributed by atoms with Gasteiger partial charge >= 0.3 is 0 Å². The van der Waals surface area contributed by atoms with E-state index in [-0.39, 0.29) is 6.04 Å². The van der Waals surface area contributed by atoms with Crippen LogP contribution in [-0.4, -0.2) is 23.5 Å².